The fourth-order valence-corrected chi connectivity index (χ4v) is 2.53. The average molecular weight is 379 g/mol. The highest BCUT2D eigenvalue weighted by Crippen LogP contribution is 2.19. The van der Waals surface area contributed by atoms with E-state index in [-0.39, 0.29) is 0 Å². The van der Waals surface area contributed by atoms with E-state index in [0.717, 1.165) is 0 Å². The lowest BCUT2D eigenvalue weighted by molar-refractivity contribution is -0.686. The summed E-state index contributed by atoms with van der Waals surface area (Å²) in [5.41, 5.74) is 4.99. The zero-order chi connectivity index (χ0) is 14.7. The molecular formula is C17H20IN2+. The van der Waals surface area contributed by atoms with Crippen molar-refractivity contribution in [2.24, 2.45) is 7.05 Å². The summed E-state index contributed by atoms with van der Waals surface area (Å²) in [6.45, 7) is 2.15. The van der Waals surface area contributed by atoms with Crippen LogP contribution in [0.3, 0.4) is 0 Å². The Kier molecular flexibility index (Phi) is 4.81. The second kappa shape index (κ2) is 6.39. The number of anilines is 1. The molecule has 2 rings (SSSR count). The van der Waals surface area contributed by atoms with Crippen LogP contribution < -0.4 is 9.47 Å². The van der Waals surface area contributed by atoms with Crippen LogP contribution in [0, 0.1) is 10.6 Å². The van der Waals surface area contributed by atoms with Crippen molar-refractivity contribution in [3.8, 4) is 0 Å². The lowest BCUT2D eigenvalue weighted by Crippen LogP contribution is -2.35. The molecule has 0 amide bonds. The minimum atomic E-state index is 1.20. The minimum Gasteiger partial charge on any atom is -0.378 e. The van der Waals surface area contributed by atoms with Crippen LogP contribution in [0.1, 0.15) is 16.8 Å². The van der Waals surface area contributed by atoms with E-state index < -0.39 is 0 Å². The van der Waals surface area contributed by atoms with Crippen LogP contribution >= 0.6 is 22.6 Å². The van der Waals surface area contributed by atoms with Crippen molar-refractivity contribution in [2.45, 2.75) is 6.92 Å². The van der Waals surface area contributed by atoms with Crippen LogP contribution in [0.5, 0.6) is 0 Å². The summed E-state index contributed by atoms with van der Waals surface area (Å²) >= 11 is 2.35. The molecule has 1 heterocycles. The first kappa shape index (κ1) is 15.0. The van der Waals surface area contributed by atoms with Crippen molar-refractivity contribution in [3.05, 3.63) is 56.9 Å². The molecule has 0 aliphatic carbocycles. The Labute approximate surface area is 134 Å². The maximum atomic E-state index is 2.35. The van der Waals surface area contributed by atoms with Gasteiger partial charge in [-0.25, -0.2) is 0 Å². The number of benzene rings is 1. The van der Waals surface area contributed by atoms with Crippen molar-refractivity contribution < 1.29 is 4.57 Å². The zero-order valence-electron chi connectivity index (χ0n) is 12.4. The summed E-state index contributed by atoms with van der Waals surface area (Å²) in [5.74, 6) is 0. The molecule has 0 unspecified atom stereocenters. The number of rotatable bonds is 3. The van der Waals surface area contributed by atoms with Gasteiger partial charge in [0.1, 0.15) is 7.05 Å². The largest absolute Gasteiger partial charge is 0.378 e. The first-order chi connectivity index (χ1) is 9.49. The van der Waals surface area contributed by atoms with Crippen molar-refractivity contribution in [1.29, 1.82) is 0 Å². The highest BCUT2D eigenvalue weighted by Gasteiger charge is 2.06. The third-order valence-electron chi connectivity index (χ3n) is 3.41. The van der Waals surface area contributed by atoms with Crippen molar-refractivity contribution in [3.63, 3.8) is 0 Å². The molecule has 20 heavy (non-hydrogen) atoms. The molecule has 0 bridgehead atoms. The summed E-state index contributed by atoms with van der Waals surface area (Å²) in [6.07, 6.45) is 4.35. The molecule has 0 saturated carbocycles. The predicted octanol–water partition coefficient (Wildman–Crippen LogP) is 3.66. The topological polar surface area (TPSA) is 7.12 Å². The molecule has 2 aromatic rings. The van der Waals surface area contributed by atoms with Gasteiger partial charge in [0.05, 0.1) is 0 Å². The first-order valence-corrected chi connectivity index (χ1v) is 7.67. The van der Waals surface area contributed by atoms with Crippen molar-refractivity contribution in [1.82, 2.24) is 0 Å². The highest BCUT2D eigenvalue weighted by molar-refractivity contribution is 14.1. The van der Waals surface area contributed by atoms with Gasteiger partial charge in [-0.1, -0.05) is 6.07 Å². The lowest BCUT2D eigenvalue weighted by atomic mass is 10.1. The number of hydrogen-bond donors (Lipinski definition) is 0. The SMILES string of the molecule is Cc1cc(N(C)C)ccc1/C=C/c1cccc(I)[n+]1C. The molecule has 0 saturated heterocycles. The average Bonchev–Trinajstić information content (AvgIpc) is 2.41. The molecule has 1 aromatic heterocycles. The van der Waals surface area contributed by atoms with E-state index >= 15 is 0 Å². The van der Waals surface area contributed by atoms with Crippen LogP contribution in [0.2, 0.25) is 0 Å². The Morgan fingerprint density at radius 1 is 1.10 bits per heavy atom. The standard InChI is InChI=1S/C17H20IN2/c1-13-12-16(19(2)3)11-9-14(13)8-10-15-6-5-7-17(18)20(15)4/h5-12H,1-4H3/q+1. The molecule has 0 N–H and O–H groups in total. The summed E-state index contributed by atoms with van der Waals surface area (Å²) in [5, 5.41) is 0. The normalized spacial score (nSPS) is 11.1. The van der Waals surface area contributed by atoms with E-state index in [9.17, 15) is 0 Å². The third-order valence-corrected chi connectivity index (χ3v) is 4.50. The van der Waals surface area contributed by atoms with Gasteiger partial charge in [-0.2, -0.15) is 4.57 Å². The molecule has 0 fully saturated rings. The quantitative estimate of drug-likeness (QED) is 0.449. The molecule has 1 aromatic carbocycles. The van der Waals surface area contributed by atoms with Gasteiger partial charge >= 0.3 is 0 Å². The molecule has 3 heteroatoms. The zero-order valence-corrected chi connectivity index (χ0v) is 14.5. The lowest BCUT2D eigenvalue weighted by Gasteiger charge is -2.13. The number of aryl methyl sites for hydroxylation is 1. The molecule has 104 valence electrons. The summed E-state index contributed by atoms with van der Waals surface area (Å²) in [6, 6.07) is 12.9. The minimum absolute atomic E-state index is 1.20. The molecule has 0 radical (unpaired) electrons. The molecule has 0 aliphatic rings. The van der Waals surface area contributed by atoms with Gasteiger partial charge < -0.3 is 4.90 Å². The van der Waals surface area contributed by atoms with Gasteiger partial charge in [0.2, 0.25) is 9.39 Å². The molecule has 0 aliphatic heterocycles. The van der Waals surface area contributed by atoms with Gasteiger partial charge in [0, 0.05) is 60.6 Å². The third kappa shape index (κ3) is 3.39. The van der Waals surface area contributed by atoms with Crippen LogP contribution in [0.15, 0.2) is 36.4 Å². The first-order valence-electron chi connectivity index (χ1n) is 6.59. The maximum absolute atomic E-state index is 2.35. The van der Waals surface area contributed by atoms with E-state index in [4.69, 9.17) is 0 Å². The monoisotopic (exact) mass is 379 g/mol. The molecule has 0 atom stereocenters. The summed E-state index contributed by atoms with van der Waals surface area (Å²) in [7, 11) is 6.22. The fourth-order valence-electron chi connectivity index (χ4n) is 2.04. The van der Waals surface area contributed by atoms with Crippen molar-refractivity contribution in [2.75, 3.05) is 19.0 Å². The smallest absolute Gasteiger partial charge is 0.241 e. The number of halogens is 1. The van der Waals surface area contributed by atoms with Gasteiger partial charge in [0.25, 0.3) is 0 Å². The Balaban J connectivity index is 2.30. The van der Waals surface area contributed by atoms with E-state index in [0.29, 0.717) is 0 Å². The Bertz CT molecular complexity index is 645. The number of nitrogens with zero attached hydrogens (tertiary/aromatic N) is 2. The van der Waals surface area contributed by atoms with Gasteiger partial charge in [0.15, 0.2) is 0 Å². The number of pyridine rings is 1. The Hall–Kier alpha value is -1.36. The highest BCUT2D eigenvalue weighted by atomic mass is 127. The summed E-state index contributed by atoms with van der Waals surface area (Å²) < 4.78 is 3.41. The van der Waals surface area contributed by atoms with E-state index in [1.807, 2.05) is 0 Å². The Morgan fingerprint density at radius 2 is 1.85 bits per heavy atom. The van der Waals surface area contributed by atoms with E-state index in [2.05, 4.69) is 109 Å². The molecule has 0 spiro atoms. The fraction of sp³-hybridized carbons (Fsp3) is 0.235. The second-order valence-corrected chi connectivity index (χ2v) is 6.21. The van der Waals surface area contributed by atoms with Crippen LogP contribution in [0.25, 0.3) is 12.2 Å². The van der Waals surface area contributed by atoms with E-state index in [1.54, 1.807) is 0 Å². The maximum Gasteiger partial charge on any atom is 0.241 e. The van der Waals surface area contributed by atoms with E-state index in [1.165, 1.54) is 26.2 Å². The summed E-state index contributed by atoms with van der Waals surface area (Å²) in [4.78, 5) is 2.13. The number of hydrogen-bond acceptors (Lipinski definition) is 1. The van der Waals surface area contributed by atoms with Gasteiger partial charge in [-0.15, -0.1) is 0 Å². The predicted molar refractivity (Wildman–Crippen MR) is 94.8 cm³/mol. The van der Waals surface area contributed by atoms with Crippen LogP contribution in [0.4, 0.5) is 5.69 Å². The van der Waals surface area contributed by atoms with Crippen molar-refractivity contribution >= 4 is 40.4 Å². The Morgan fingerprint density at radius 3 is 2.50 bits per heavy atom. The molecular weight excluding hydrogens is 359 g/mol. The van der Waals surface area contributed by atoms with Crippen LogP contribution in [-0.4, -0.2) is 14.1 Å². The second-order valence-electron chi connectivity index (χ2n) is 5.10. The molecule has 2 nitrogen and oxygen atoms in total. The van der Waals surface area contributed by atoms with Crippen LogP contribution in [-0.2, 0) is 7.05 Å². The van der Waals surface area contributed by atoms with Gasteiger partial charge in [-0.3, -0.25) is 0 Å². The number of aromatic nitrogens is 1. The van der Waals surface area contributed by atoms with Gasteiger partial charge in [-0.05, 0) is 42.3 Å².